The third kappa shape index (κ3) is 3.05. The largest absolute Gasteiger partial charge is 0.367 e. The molecule has 2 nitrogen and oxygen atoms in total. The molecule has 1 aromatic rings. The van der Waals surface area contributed by atoms with E-state index in [4.69, 9.17) is 0 Å². The zero-order chi connectivity index (χ0) is 13.1. The fraction of sp³-hybridized carbons (Fsp3) is 0.533. The summed E-state index contributed by atoms with van der Waals surface area (Å²) in [6.07, 6.45) is 3.69. The van der Waals surface area contributed by atoms with Crippen molar-refractivity contribution in [2.45, 2.75) is 39.2 Å². The lowest BCUT2D eigenvalue weighted by atomic mass is 10.1. The molecule has 18 heavy (non-hydrogen) atoms. The van der Waals surface area contributed by atoms with Gasteiger partial charge in [0.05, 0.1) is 11.3 Å². The van der Waals surface area contributed by atoms with E-state index in [9.17, 15) is 5.26 Å². The molecule has 0 saturated heterocycles. The summed E-state index contributed by atoms with van der Waals surface area (Å²) < 4.78 is 0.901. The van der Waals surface area contributed by atoms with Gasteiger partial charge < -0.3 is 4.90 Å². The first-order chi connectivity index (χ1) is 8.63. The van der Waals surface area contributed by atoms with Crippen LogP contribution in [0.4, 0.5) is 5.69 Å². The highest BCUT2D eigenvalue weighted by Crippen LogP contribution is 2.36. The van der Waals surface area contributed by atoms with E-state index in [1.807, 2.05) is 12.1 Å². The maximum absolute atomic E-state index is 9.32. The van der Waals surface area contributed by atoms with Crippen LogP contribution in [0.1, 0.15) is 38.7 Å². The Hall–Kier alpha value is -1.01. The molecule has 0 atom stereocenters. The van der Waals surface area contributed by atoms with E-state index in [-0.39, 0.29) is 0 Å². The van der Waals surface area contributed by atoms with Gasteiger partial charge >= 0.3 is 0 Å². The number of anilines is 1. The molecule has 0 unspecified atom stereocenters. The summed E-state index contributed by atoms with van der Waals surface area (Å²) in [6, 6.07) is 9.00. The highest BCUT2D eigenvalue weighted by molar-refractivity contribution is 9.10. The van der Waals surface area contributed by atoms with Gasteiger partial charge in [0.1, 0.15) is 6.07 Å². The zero-order valence-corrected chi connectivity index (χ0v) is 12.6. The van der Waals surface area contributed by atoms with E-state index >= 15 is 0 Å². The van der Waals surface area contributed by atoms with Crippen LogP contribution >= 0.6 is 15.9 Å². The van der Waals surface area contributed by atoms with E-state index < -0.39 is 0 Å². The minimum absolute atomic E-state index is 0.644. The molecule has 0 aliphatic heterocycles. The second-order valence-corrected chi connectivity index (χ2v) is 6.21. The standard InChI is InChI=1S/C15H19BrN2/c1-11(2)8-9-18(12-6-7-12)15-5-3-4-14(16)13(15)10-17/h3-5,11-12H,6-9H2,1-2H3. The summed E-state index contributed by atoms with van der Waals surface area (Å²) in [5, 5.41) is 9.32. The summed E-state index contributed by atoms with van der Waals surface area (Å²) in [5.41, 5.74) is 1.86. The van der Waals surface area contributed by atoms with Gasteiger partial charge in [-0.1, -0.05) is 19.9 Å². The molecular formula is C15H19BrN2. The van der Waals surface area contributed by atoms with Crippen LogP contribution in [0.25, 0.3) is 0 Å². The molecule has 0 spiro atoms. The van der Waals surface area contributed by atoms with Gasteiger partial charge in [0.25, 0.3) is 0 Å². The minimum atomic E-state index is 0.644. The summed E-state index contributed by atoms with van der Waals surface area (Å²) in [5.74, 6) is 0.698. The molecule has 2 rings (SSSR count). The Kier molecular flexibility index (Phi) is 4.29. The number of rotatable bonds is 5. The maximum Gasteiger partial charge on any atom is 0.103 e. The first-order valence-corrected chi connectivity index (χ1v) is 7.38. The number of nitrogens with zero attached hydrogens (tertiary/aromatic N) is 2. The number of halogens is 1. The van der Waals surface area contributed by atoms with Crippen LogP contribution in [0.3, 0.4) is 0 Å². The number of benzene rings is 1. The number of hydrogen-bond donors (Lipinski definition) is 0. The first-order valence-electron chi connectivity index (χ1n) is 6.58. The average molecular weight is 307 g/mol. The van der Waals surface area contributed by atoms with E-state index in [1.54, 1.807) is 0 Å². The van der Waals surface area contributed by atoms with Crippen molar-refractivity contribution in [3.8, 4) is 6.07 Å². The van der Waals surface area contributed by atoms with Gasteiger partial charge in [-0.2, -0.15) is 5.26 Å². The monoisotopic (exact) mass is 306 g/mol. The SMILES string of the molecule is CC(C)CCN(c1cccc(Br)c1C#N)C1CC1. The van der Waals surface area contributed by atoms with Gasteiger partial charge in [0.2, 0.25) is 0 Å². The quantitative estimate of drug-likeness (QED) is 0.809. The van der Waals surface area contributed by atoms with Crippen molar-refractivity contribution in [2.75, 3.05) is 11.4 Å². The smallest absolute Gasteiger partial charge is 0.103 e. The third-order valence-corrected chi connectivity index (χ3v) is 4.01. The van der Waals surface area contributed by atoms with Crippen molar-refractivity contribution < 1.29 is 0 Å². The van der Waals surface area contributed by atoms with E-state index in [1.165, 1.54) is 19.3 Å². The molecule has 0 heterocycles. The van der Waals surface area contributed by atoms with Gasteiger partial charge in [0.15, 0.2) is 0 Å². The molecule has 1 aliphatic carbocycles. The van der Waals surface area contributed by atoms with Crippen molar-refractivity contribution in [3.05, 3.63) is 28.2 Å². The highest BCUT2D eigenvalue weighted by Gasteiger charge is 2.30. The Morgan fingerprint density at radius 1 is 1.44 bits per heavy atom. The van der Waals surface area contributed by atoms with Gasteiger partial charge in [0, 0.05) is 17.1 Å². The number of hydrogen-bond acceptors (Lipinski definition) is 2. The molecule has 1 fully saturated rings. The molecular weight excluding hydrogens is 288 g/mol. The van der Waals surface area contributed by atoms with Gasteiger partial charge in [-0.25, -0.2) is 0 Å². The van der Waals surface area contributed by atoms with Crippen LogP contribution < -0.4 is 4.90 Å². The molecule has 0 amide bonds. The lowest BCUT2D eigenvalue weighted by molar-refractivity contribution is 0.570. The second-order valence-electron chi connectivity index (χ2n) is 5.35. The average Bonchev–Trinajstić information content (AvgIpc) is 3.13. The summed E-state index contributed by atoms with van der Waals surface area (Å²) in [7, 11) is 0. The Labute approximate surface area is 118 Å². The molecule has 3 heteroatoms. The Morgan fingerprint density at radius 2 is 2.17 bits per heavy atom. The molecule has 1 aliphatic rings. The Morgan fingerprint density at radius 3 is 2.72 bits per heavy atom. The molecule has 1 aromatic carbocycles. The van der Waals surface area contributed by atoms with Gasteiger partial charge in [-0.3, -0.25) is 0 Å². The summed E-state index contributed by atoms with van der Waals surface area (Å²) in [4.78, 5) is 2.42. The lowest BCUT2D eigenvalue weighted by Crippen LogP contribution is -2.28. The Bertz CT molecular complexity index is 458. The summed E-state index contributed by atoms with van der Waals surface area (Å²) >= 11 is 3.48. The Balaban J connectivity index is 2.25. The van der Waals surface area contributed by atoms with Crippen molar-refractivity contribution in [3.63, 3.8) is 0 Å². The lowest BCUT2D eigenvalue weighted by Gasteiger charge is -2.26. The zero-order valence-electron chi connectivity index (χ0n) is 11.0. The molecule has 96 valence electrons. The van der Waals surface area contributed by atoms with E-state index in [0.717, 1.165) is 22.3 Å². The van der Waals surface area contributed by atoms with Crippen LogP contribution in [-0.4, -0.2) is 12.6 Å². The molecule has 0 N–H and O–H groups in total. The van der Waals surface area contributed by atoms with E-state index in [0.29, 0.717) is 12.0 Å². The fourth-order valence-electron chi connectivity index (χ4n) is 2.15. The predicted molar refractivity (Wildman–Crippen MR) is 78.7 cm³/mol. The highest BCUT2D eigenvalue weighted by atomic mass is 79.9. The van der Waals surface area contributed by atoms with Crippen molar-refractivity contribution in [2.24, 2.45) is 5.92 Å². The maximum atomic E-state index is 9.32. The van der Waals surface area contributed by atoms with Crippen LogP contribution in [-0.2, 0) is 0 Å². The molecule has 0 radical (unpaired) electrons. The minimum Gasteiger partial charge on any atom is -0.367 e. The van der Waals surface area contributed by atoms with Crippen LogP contribution in [0, 0.1) is 17.2 Å². The van der Waals surface area contributed by atoms with Gasteiger partial charge in [-0.05, 0) is 53.2 Å². The summed E-state index contributed by atoms with van der Waals surface area (Å²) in [6.45, 7) is 5.54. The predicted octanol–water partition coefficient (Wildman–Crippen LogP) is 4.34. The molecule has 0 bridgehead atoms. The topological polar surface area (TPSA) is 27.0 Å². The number of nitriles is 1. The second kappa shape index (κ2) is 5.75. The van der Waals surface area contributed by atoms with Crippen LogP contribution in [0.5, 0.6) is 0 Å². The van der Waals surface area contributed by atoms with Gasteiger partial charge in [-0.15, -0.1) is 0 Å². The van der Waals surface area contributed by atoms with Crippen molar-refractivity contribution in [1.82, 2.24) is 0 Å². The fourth-order valence-corrected chi connectivity index (χ4v) is 2.59. The third-order valence-electron chi connectivity index (χ3n) is 3.35. The van der Waals surface area contributed by atoms with Crippen LogP contribution in [0.15, 0.2) is 22.7 Å². The molecule has 1 saturated carbocycles. The van der Waals surface area contributed by atoms with Crippen molar-refractivity contribution in [1.29, 1.82) is 5.26 Å². The van der Waals surface area contributed by atoms with E-state index in [2.05, 4.69) is 46.8 Å². The first kappa shape index (κ1) is 13.4. The van der Waals surface area contributed by atoms with Crippen molar-refractivity contribution >= 4 is 21.6 Å². The normalized spacial score (nSPS) is 14.6. The van der Waals surface area contributed by atoms with Crippen LogP contribution in [0.2, 0.25) is 0 Å². The molecule has 0 aromatic heterocycles.